The molecule has 0 aromatic rings. The largest absolute Gasteiger partial charge is 0.462 e. The first-order chi connectivity index (χ1) is 17.3. The molecule has 12 atom stereocenters. The molecule has 4 saturated carbocycles. The Kier molecular flexibility index (Phi) is 9.21. The standard InChI is InChI=1S/C31H50Br2O4/c1-17(2)9-8-10-18(3)22-11-12-23-27-24(13-14-30(22,23)6)31(7)25(28(32)29(27)33)15-21(36-19(4)34)16-26(31)37-20(5)35/h17-18,21-29H,8-16H2,1-7H3/t18-,21-,22-,23+,24+,25-,26+,27+,28?,29?,30-,31-/m1/s1. The highest BCUT2D eigenvalue weighted by atomic mass is 79.9. The van der Waals surface area contributed by atoms with Gasteiger partial charge in [0.15, 0.2) is 0 Å². The second-order valence-electron chi connectivity index (χ2n) is 14.0. The van der Waals surface area contributed by atoms with E-state index in [1.165, 1.54) is 58.8 Å². The molecule has 0 amide bonds. The normalized spacial score (nSPS) is 45.9. The molecule has 0 aromatic carbocycles. The molecule has 0 radical (unpaired) electrons. The summed E-state index contributed by atoms with van der Waals surface area (Å²) in [6, 6.07) is 0. The van der Waals surface area contributed by atoms with E-state index < -0.39 is 0 Å². The molecule has 37 heavy (non-hydrogen) atoms. The van der Waals surface area contributed by atoms with Gasteiger partial charge in [0.05, 0.1) is 0 Å². The van der Waals surface area contributed by atoms with Crippen molar-refractivity contribution in [2.45, 2.75) is 128 Å². The average molecular weight is 647 g/mol. The summed E-state index contributed by atoms with van der Waals surface area (Å²) >= 11 is 8.40. The smallest absolute Gasteiger partial charge is 0.302 e. The van der Waals surface area contributed by atoms with E-state index >= 15 is 0 Å². The van der Waals surface area contributed by atoms with Crippen molar-refractivity contribution in [3.63, 3.8) is 0 Å². The van der Waals surface area contributed by atoms with Crippen molar-refractivity contribution in [2.75, 3.05) is 0 Å². The van der Waals surface area contributed by atoms with Crippen molar-refractivity contribution in [1.29, 1.82) is 0 Å². The fourth-order valence-electron chi connectivity index (χ4n) is 9.88. The Balaban J connectivity index is 1.62. The highest BCUT2D eigenvalue weighted by molar-refractivity contribution is 9.12. The molecule has 2 unspecified atom stereocenters. The second kappa shape index (κ2) is 11.4. The SMILES string of the molecule is CC(=O)O[C@H]1C[C@H](OC(C)=O)[C@@]2(C)[C@H](C1)C(Br)C(Br)[C@H]1[C@@H]3CC[C@H]([C@H](C)CCCC(C)C)[C@@]3(C)CC[C@@H]12. The second-order valence-corrected chi connectivity index (χ2v) is 16.1. The highest BCUT2D eigenvalue weighted by Crippen LogP contribution is 2.70. The van der Waals surface area contributed by atoms with E-state index in [0.29, 0.717) is 34.4 Å². The number of alkyl halides is 2. The minimum atomic E-state index is -0.252. The fraction of sp³-hybridized carbons (Fsp3) is 0.935. The van der Waals surface area contributed by atoms with Crippen LogP contribution in [0.25, 0.3) is 0 Å². The first-order valence-electron chi connectivity index (χ1n) is 14.9. The zero-order valence-electron chi connectivity index (χ0n) is 24.1. The van der Waals surface area contributed by atoms with Crippen LogP contribution in [0, 0.1) is 52.3 Å². The van der Waals surface area contributed by atoms with Gasteiger partial charge < -0.3 is 9.47 Å². The lowest BCUT2D eigenvalue weighted by atomic mass is 9.43. The quantitative estimate of drug-likeness (QED) is 0.206. The first kappa shape index (κ1) is 29.9. The van der Waals surface area contributed by atoms with Crippen molar-refractivity contribution in [3.8, 4) is 0 Å². The first-order valence-corrected chi connectivity index (χ1v) is 16.8. The number of esters is 2. The van der Waals surface area contributed by atoms with Gasteiger partial charge in [0.2, 0.25) is 0 Å². The molecule has 6 heteroatoms. The fourth-order valence-corrected chi connectivity index (χ4v) is 12.1. The maximum Gasteiger partial charge on any atom is 0.302 e. The average Bonchev–Trinajstić information content (AvgIpc) is 3.15. The minimum absolute atomic E-state index is 0.131. The molecule has 0 spiro atoms. The molecule has 212 valence electrons. The van der Waals surface area contributed by atoms with Gasteiger partial charge in [-0.05, 0) is 78.9 Å². The summed E-state index contributed by atoms with van der Waals surface area (Å²) in [6.45, 7) is 15.2. The van der Waals surface area contributed by atoms with Gasteiger partial charge >= 0.3 is 11.9 Å². The van der Waals surface area contributed by atoms with Crippen LogP contribution in [-0.4, -0.2) is 33.8 Å². The van der Waals surface area contributed by atoms with Crippen LogP contribution in [0.3, 0.4) is 0 Å². The van der Waals surface area contributed by atoms with Crippen LogP contribution in [0.2, 0.25) is 0 Å². The third-order valence-electron chi connectivity index (χ3n) is 11.5. The summed E-state index contributed by atoms with van der Waals surface area (Å²) in [5.74, 6) is 3.90. The Labute approximate surface area is 242 Å². The molecule has 0 heterocycles. The van der Waals surface area contributed by atoms with Crippen LogP contribution >= 0.6 is 31.9 Å². The van der Waals surface area contributed by atoms with Crippen LogP contribution in [0.15, 0.2) is 0 Å². The lowest BCUT2D eigenvalue weighted by molar-refractivity contribution is -0.203. The Morgan fingerprint density at radius 3 is 2.16 bits per heavy atom. The predicted octanol–water partition coefficient (Wildman–Crippen LogP) is 8.33. The Morgan fingerprint density at radius 1 is 0.865 bits per heavy atom. The van der Waals surface area contributed by atoms with Crippen molar-refractivity contribution in [3.05, 3.63) is 0 Å². The molecule has 4 fully saturated rings. The molecule has 4 nitrogen and oxygen atoms in total. The van der Waals surface area contributed by atoms with Crippen molar-refractivity contribution < 1.29 is 19.1 Å². The zero-order chi connectivity index (χ0) is 27.3. The number of hydrogen-bond acceptors (Lipinski definition) is 4. The zero-order valence-corrected chi connectivity index (χ0v) is 27.3. The van der Waals surface area contributed by atoms with Gasteiger partial charge in [-0.2, -0.15) is 0 Å². The van der Waals surface area contributed by atoms with Gasteiger partial charge in [-0.15, -0.1) is 0 Å². The van der Waals surface area contributed by atoms with Crippen molar-refractivity contribution in [1.82, 2.24) is 0 Å². The van der Waals surface area contributed by atoms with Crippen LogP contribution in [0.5, 0.6) is 0 Å². The molecule has 0 aromatic heterocycles. The lowest BCUT2D eigenvalue weighted by Gasteiger charge is -2.65. The summed E-state index contributed by atoms with van der Waals surface area (Å²) in [7, 11) is 0. The topological polar surface area (TPSA) is 52.6 Å². The number of carbonyl (C=O) groups excluding carboxylic acids is 2. The van der Waals surface area contributed by atoms with Crippen molar-refractivity contribution >= 4 is 43.8 Å². The third kappa shape index (κ3) is 5.46. The molecular formula is C31H50Br2O4. The van der Waals surface area contributed by atoms with E-state index in [1.54, 1.807) is 0 Å². The molecule has 4 aliphatic rings. The number of ether oxygens (including phenoxy) is 2. The van der Waals surface area contributed by atoms with E-state index in [1.807, 2.05) is 0 Å². The van der Waals surface area contributed by atoms with Gasteiger partial charge in [-0.25, -0.2) is 0 Å². The van der Waals surface area contributed by atoms with E-state index in [4.69, 9.17) is 9.47 Å². The van der Waals surface area contributed by atoms with Gasteiger partial charge in [-0.3, -0.25) is 9.59 Å². The van der Waals surface area contributed by atoms with E-state index in [0.717, 1.165) is 24.2 Å². The summed E-state index contributed by atoms with van der Waals surface area (Å²) < 4.78 is 11.8. The van der Waals surface area contributed by atoms with E-state index in [2.05, 4.69) is 66.5 Å². The lowest BCUT2D eigenvalue weighted by Crippen LogP contribution is -2.66. The molecule has 0 saturated heterocycles. The Morgan fingerprint density at radius 2 is 1.54 bits per heavy atom. The van der Waals surface area contributed by atoms with E-state index in [-0.39, 0.29) is 40.3 Å². The molecule has 4 aliphatic carbocycles. The van der Waals surface area contributed by atoms with Crippen molar-refractivity contribution in [2.24, 2.45) is 52.3 Å². The molecular weight excluding hydrogens is 596 g/mol. The predicted molar refractivity (Wildman–Crippen MR) is 156 cm³/mol. The van der Waals surface area contributed by atoms with Crippen LogP contribution in [0.4, 0.5) is 0 Å². The number of rotatable bonds is 7. The van der Waals surface area contributed by atoms with Gasteiger partial charge in [0.1, 0.15) is 12.2 Å². The maximum atomic E-state index is 12.3. The Bertz CT molecular complexity index is 847. The number of hydrogen-bond donors (Lipinski definition) is 0. The van der Waals surface area contributed by atoms with E-state index in [9.17, 15) is 9.59 Å². The highest BCUT2D eigenvalue weighted by Gasteiger charge is 2.67. The minimum Gasteiger partial charge on any atom is -0.462 e. The summed E-state index contributed by atoms with van der Waals surface area (Å²) in [5.41, 5.74) is 0.250. The van der Waals surface area contributed by atoms with Gasteiger partial charge in [-0.1, -0.05) is 85.7 Å². The molecule has 4 rings (SSSR count). The summed E-state index contributed by atoms with van der Waals surface area (Å²) in [6.07, 6.45) is 10.2. The Hall–Kier alpha value is -0.100. The molecule has 0 aliphatic heterocycles. The number of fused-ring (bicyclic) bond motifs is 5. The monoisotopic (exact) mass is 644 g/mol. The van der Waals surface area contributed by atoms with Crippen LogP contribution < -0.4 is 0 Å². The molecule has 0 bridgehead atoms. The summed E-state index contributed by atoms with van der Waals surface area (Å²) in [4.78, 5) is 24.8. The maximum absolute atomic E-state index is 12.3. The summed E-state index contributed by atoms with van der Waals surface area (Å²) in [5, 5.41) is 0. The number of carbonyl (C=O) groups is 2. The van der Waals surface area contributed by atoms with Gasteiger partial charge in [0, 0.05) is 35.3 Å². The van der Waals surface area contributed by atoms with Crippen LogP contribution in [0.1, 0.15) is 106 Å². The molecule has 0 N–H and O–H groups in total. The van der Waals surface area contributed by atoms with Gasteiger partial charge in [0.25, 0.3) is 0 Å². The third-order valence-corrected chi connectivity index (χ3v) is 14.6. The number of halogens is 2. The van der Waals surface area contributed by atoms with Crippen LogP contribution in [-0.2, 0) is 19.1 Å².